The first kappa shape index (κ1) is 25.1. The SMILES string of the molecule is CC(C)(C)c1cccc(O)c1.CC[C](CC)=[Ti][F].Cl.Cl. The van der Waals surface area contributed by atoms with Crippen LogP contribution in [0.2, 0.25) is 0 Å². The van der Waals surface area contributed by atoms with Gasteiger partial charge in [-0.2, -0.15) is 0 Å². The van der Waals surface area contributed by atoms with Crippen LogP contribution in [0.15, 0.2) is 24.3 Å². The zero-order chi connectivity index (χ0) is 14.2. The fourth-order valence-corrected chi connectivity index (χ4v) is 1.77. The molecule has 1 aromatic carbocycles. The standard InChI is InChI=1S/C10H14O.C5H10.2ClH.FH.Ti/c1-10(2,3)8-5-4-6-9(11)7-8;1-3-5-4-2;;;;/h4-7,11H,1-3H3;3-4H2,1-2H3;3*1H;/q;;;;;+1/p-1. The van der Waals surface area contributed by atoms with Crippen LogP contribution in [0.3, 0.4) is 0 Å². The number of phenols is 1. The third-order valence-corrected chi connectivity index (χ3v) is 4.22. The molecule has 117 valence electrons. The quantitative estimate of drug-likeness (QED) is 0.693. The Hall–Kier alpha value is 0.114. The van der Waals surface area contributed by atoms with Gasteiger partial charge in [0, 0.05) is 0 Å². The maximum absolute atomic E-state index is 11.7. The van der Waals surface area contributed by atoms with Gasteiger partial charge in [-0.3, -0.25) is 0 Å². The van der Waals surface area contributed by atoms with Crippen molar-refractivity contribution in [3.63, 3.8) is 0 Å². The van der Waals surface area contributed by atoms with Crippen LogP contribution in [-0.2, 0) is 24.6 Å². The fourth-order valence-electron chi connectivity index (χ4n) is 1.36. The Labute approximate surface area is 144 Å². The molecule has 0 aliphatic carbocycles. The van der Waals surface area contributed by atoms with E-state index < -0.39 is 19.2 Å². The first-order valence-corrected chi connectivity index (χ1v) is 7.73. The van der Waals surface area contributed by atoms with Crippen LogP contribution in [0.1, 0.15) is 53.0 Å². The molecule has 1 nitrogen and oxygen atoms in total. The molecule has 0 aliphatic rings. The van der Waals surface area contributed by atoms with Gasteiger partial charge in [0.1, 0.15) is 5.75 Å². The number of phenolic OH excluding ortho intramolecular Hbond substituents is 1. The molecule has 0 amide bonds. The maximum Gasteiger partial charge on any atom is -0.147 e. The second-order valence-electron chi connectivity index (χ2n) is 5.21. The summed E-state index contributed by atoms with van der Waals surface area (Å²) in [4.78, 5) is 0. The largest absolute Gasteiger partial charge is 0.147 e. The first-order valence-electron chi connectivity index (χ1n) is 6.36. The van der Waals surface area contributed by atoms with Crippen molar-refractivity contribution >= 4 is 28.6 Å². The number of rotatable bonds is 2. The summed E-state index contributed by atoms with van der Waals surface area (Å²) in [5.41, 5.74) is 1.29. The summed E-state index contributed by atoms with van der Waals surface area (Å²) < 4.78 is 12.9. The van der Waals surface area contributed by atoms with Crippen LogP contribution in [-0.4, -0.2) is 8.92 Å². The average Bonchev–Trinajstić information content (AvgIpc) is 2.31. The zero-order valence-electron chi connectivity index (χ0n) is 12.9. The minimum absolute atomic E-state index is 0. The summed E-state index contributed by atoms with van der Waals surface area (Å²) in [6.07, 6.45) is 1.90. The maximum atomic E-state index is 11.7. The fraction of sp³-hybridized carbons (Fsp3) is 0.533. The molecule has 1 rings (SSSR count). The smallest absolute Gasteiger partial charge is 0.147 e. The molecular weight excluding hydrogens is 334 g/mol. The van der Waals surface area contributed by atoms with Gasteiger partial charge >= 0.3 is 52.8 Å². The third-order valence-electron chi connectivity index (χ3n) is 2.70. The Morgan fingerprint density at radius 1 is 1.15 bits per heavy atom. The molecule has 1 N–H and O–H groups in total. The number of hydrogen-bond acceptors (Lipinski definition) is 1. The Balaban J connectivity index is -0.000000286. The first-order chi connectivity index (χ1) is 8.35. The average molecular weight is 360 g/mol. The van der Waals surface area contributed by atoms with Crippen LogP contribution in [0.4, 0.5) is 3.09 Å². The molecule has 0 heterocycles. The monoisotopic (exact) mass is 359 g/mol. The van der Waals surface area contributed by atoms with E-state index in [9.17, 15) is 8.20 Å². The predicted molar refractivity (Wildman–Crippen MR) is 88.0 cm³/mol. The van der Waals surface area contributed by atoms with Gasteiger partial charge in [0.15, 0.2) is 0 Å². The van der Waals surface area contributed by atoms with E-state index in [1.807, 2.05) is 26.0 Å². The van der Waals surface area contributed by atoms with E-state index in [1.165, 1.54) is 0 Å². The van der Waals surface area contributed by atoms with E-state index in [-0.39, 0.29) is 30.2 Å². The van der Waals surface area contributed by atoms with Gasteiger partial charge in [-0.05, 0) is 23.1 Å². The predicted octanol–water partition coefficient (Wildman–Crippen LogP) is 5.48. The van der Waals surface area contributed by atoms with Crippen LogP contribution < -0.4 is 0 Å². The van der Waals surface area contributed by atoms with Crippen molar-refractivity contribution in [2.24, 2.45) is 0 Å². The van der Waals surface area contributed by atoms with Crippen molar-refractivity contribution < 1.29 is 27.4 Å². The van der Waals surface area contributed by atoms with Gasteiger partial charge in [0.2, 0.25) is 0 Å². The van der Waals surface area contributed by atoms with Gasteiger partial charge in [-0.15, -0.1) is 24.8 Å². The third kappa shape index (κ3) is 10.8. The number of halogens is 3. The number of hydrogen-bond donors (Lipinski definition) is 1. The summed E-state index contributed by atoms with van der Waals surface area (Å²) in [5.74, 6) is 0.345. The molecule has 0 atom stereocenters. The molecule has 0 fully saturated rings. The van der Waals surface area contributed by atoms with Gasteiger partial charge < -0.3 is 5.11 Å². The normalized spacial score (nSPS) is 9.10. The molecule has 0 bridgehead atoms. The molecule has 0 spiro atoms. The Morgan fingerprint density at radius 2 is 1.65 bits per heavy atom. The summed E-state index contributed by atoms with van der Waals surface area (Å²) >= 11 is -1.15. The molecule has 1 aromatic rings. The minimum Gasteiger partial charge on any atom is -0.147 e. The molecule has 0 aromatic heterocycles. The van der Waals surface area contributed by atoms with E-state index >= 15 is 0 Å². The summed E-state index contributed by atoms with van der Waals surface area (Å²) in [6, 6.07) is 7.39. The number of aromatic hydroxyl groups is 1. The van der Waals surface area contributed by atoms with Crippen molar-refractivity contribution in [1.82, 2.24) is 0 Å². The van der Waals surface area contributed by atoms with Crippen LogP contribution in [0.25, 0.3) is 0 Å². The van der Waals surface area contributed by atoms with Crippen molar-refractivity contribution in [3.8, 4) is 5.75 Å². The molecule has 5 heteroatoms. The number of benzene rings is 1. The van der Waals surface area contributed by atoms with Crippen molar-refractivity contribution in [2.75, 3.05) is 0 Å². The van der Waals surface area contributed by atoms with Gasteiger partial charge in [0.25, 0.3) is 0 Å². The summed E-state index contributed by atoms with van der Waals surface area (Å²) in [5, 5.41) is 9.18. The Bertz CT molecular complexity index is 384. The molecule has 0 aliphatic heterocycles. The van der Waals surface area contributed by atoms with Crippen LogP contribution in [0, 0.1) is 0 Å². The molecule has 0 saturated carbocycles. The summed E-state index contributed by atoms with van der Waals surface area (Å²) in [6.45, 7) is 10.4. The van der Waals surface area contributed by atoms with E-state index in [4.69, 9.17) is 0 Å². The zero-order valence-corrected chi connectivity index (χ0v) is 16.1. The second kappa shape index (κ2) is 12.8. The van der Waals surface area contributed by atoms with Crippen molar-refractivity contribution in [3.05, 3.63) is 29.8 Å². The van der Waals surface area contributed by atoms with Gasteiger partial charge in [0.05, 0.1) is 0 Å². The minimum atomic E-state index is -1.15. The van der Waals surface area contributed by atoms with E-state index in [2.05, 4.69) is 20.8 Å². The molecule has 0 unspecified atom stereocenters. The molecule has 0 radical (unpaired) electrons. The second-order valence-corrected chi connectivity index (χ2v) is 6.60. The van der Waals surface area contributed by atoms with E-state index in [1.54, 1.807) is 12.1 Å². The van der Waals surface area contributed by atoms with Gasteiger partial charge in [-0.25, -0.2) is 0 Å². The Morgan fingerprint density at radius 3 is 1.85 bits per heavy atom. The molecule has 0 saturated heterocycles. The van der Waals surface area contributed by atoms with E-state index in [0.717, 1.165) is 22.2 Å². The van der Waals surface area contributed by atoms with Crippen molar-refractivity contribution in [1.29, 1.82) is 0 Å². The van der Waals surface area contributed by atoms with Gasteiger partial charge in [-0.1, -0.05) is 32.9 Å². The summed E-state index contributed by atoms with van der Waals surface area (Å²) in [7, 11) is 0. The van der Waals surface area contributed by atoms with Crippen LogP contribution >= 0.6 is 24.8 Å². The topological polar surface area (TPSA) is 20.2 Å². The molecular formula is C15H26Cl2FOTi. The Kier molecular flexibility index (Phi) is 16.1. The van der Waals surface area contributed by atoms with E-state index in [0.29, 0.717) is 5.75 Å². The van der Waals surface area contributed by atoms with Crippen LogP contribution in [0.5, 0.6) is 5.75 Å². The molecule has 20 heavy (non-hydrogen) atoms. The van der Waals surface area contributed by atoms with Crippen molar-refractivity contribution in [2.45, 2.75) is 52.9 Å².